The van der Waals surface area contributed by atoms with Gasteiger partial charge in [0.2, 0.25) is 0 Å². The Morgan fingerprint density at radius 1 is 1.26 bits per heavy atom. The highest BCUT2D eigenvalue weighted by molar-refractivity contribution is 9.10. The van der Waals surface area contributed by atoms with Crippen molar-refractivity contribution in [3.05, 3.63) is 57.8 Å². The molecule has 0 aromatic heterocycles. The lowest BCUT2D eigenvalue weighted by atomic mass is 10.2. The maximum atomic E-state index is 13.2. The molecule has 0 aliphatic heterocycles. The molecule has 2 N–H and O–H groups in total. The molecule has 3 nitrogen and oxygen atoms in total. The van der Waals surface area contributed by atoms with Crippen LogP contribution in [0.5, 0.6) is 5.75 Å². The normalized spacial score (nSPS) is 9.95. The minimum Gasteiger partial charge on any atom is -0.487 e. The van der Waals surface area contributed by atoms with Crippen LogP contribution >= 0.6 is 15.9 Å². The first-order valence-corrected chi connectivity index (χ1v) is 6.25. The molecule has 0 unspecified atom stereocenters. The molecule has 0 atom stereocenters. The van der Waals surface area contributed by atoms with Crippen molar-refractivity contribution in [1.29, 1.82) is 5.26 Å². The Balaban J connectivity index is 2.12. The number of hydrogen-bond donors (Lipinski definition) is 1. The lowest BCUT2D eigenvalue weighted by Gasteiger charge is -2.09. The van der Waals surface area contributed by atoms with Gasteiger partial charge in [-0.1, -0.05) is 15.9 Å². The summed E-state index contributed by atoms with van der Waals surface area (Å²) in [6.07, 6.45) is 0. The summed E-state index contributed by atoms with van der Waals surface area (Å²) in [4.78, 5) is 0. The summed E-state index contributed by atoms with van der Waals surface area (Å²) < 4.78 is 19.3. The van der Waals surface area contributed by atoms with E-state index in [4.69, 9.17) is 15.7 Å². The summed E-state index contributed by atoms with van der Waals surface area (Å²) in [5.41, 5.74) is 7.31. The third kappa shape index (κ3) is 3.46. The third-order valence-electron chi connectivity index (χ3n) is 2.46. The molecule has 2 aromatic carbocycles. The van der Waals surface area contributed by atoms with Crippen LogP contribution in [-0.4, -0.2) is 0 Å². The van der Waals surface area contributed by atoms with E-state index in [0.717, 1.165) is 0 Å². The predicted octanol–water partition coefficient (Wildman–Crippen LogP) is 3.62. The molecule has 0 spiro atoms. The highest BCUT2D eigenvalue weighted by Crippen LogP contribution is 2.24. The van der Waals surface area contributed by atoms with Crippen LogP contribution in [0.1, 0.15) is 11.1 Å². The molecule has 0 fully saturated rings. The van der Waals surface area contributed by atoms with Crippen LogP contribution in [0.25, 0.3) is 0 Å². The molecule has 2 rings (SSSR count). The van der Waals surface area contributed by atoms with Crippen molar-refractivity contribution in [1.82, 2.24) is 0 Å². The summed E-state index contributed by atoms with van der Waals surface area (Å²) in [5, 5.41) is 8.73. The van der Waals surface area contributed by atoms with Crippen LogP contribution in [0, 0.1) is 17.1 Å². The fourth-order valence-electron chi connectivity index (χ4n) is 1.60. The third-order valence-corrected chi connectivity index (χ3v) is 2.91. The highest BCUT2D eigenvalue weighted by atomic mass is 79.9. The van der Waals surface area contributed by atoms with E-state index in [-0.39, 0.29) is 12.4 Å². The average Bonchev–Trinajstić information content (AvgIpc) is 2.36. The maximum absolute atomic E-state index is 13.2. The number of nitrogens with zero attached hydrogens (tertiary/aromatic N) is 1. The van der Waals surface area contributed by atoms with Crippen molar-refractivity contribution in [3.8, 4) is 11.8 Å². The number of anilines is 1. The molecule has 0 aliphatic rings. The molecule has 0 aliphatic carbocycles. The van der Waals surface area contributed by atoms with E-state index in [1.807, 2.05) is 6.07 Å². The highest BCUT2D eigenvalue weighted by Gasteiger charge is 2.04. The molecule has 0 amide bonds. The molecular weight excluding hydrogens is 311 g/mol. The molecular formula is C14H10BrFN2O. The van der Waals surface area contributed by atoms with Crippen LogP contribution in [-0.2, 0) is 6.61 Å². The Kier molecular flexibility index (Phi) is 4.03. The molecule has 0 radical (unpaired) electrons. The van der Waals surface area contributed by atoms with Crippen LogP contribution in [0.3, 0.4) is 0 Å². The Morgan fingerprint density at radius 2 is 2.05 bits per heavy atom. The zero-order valence-corrected chi connectivity index (χ0v) is 11.4. The quantitative estimate of drug-likeness (QED) is 0.879. The maximum Gasteiger partial charge on any atom is 0.142 e. The van der Waals surface area contributed by atoms with Crippen molar-refractivity contribution < 1.29 is 9.13 Å². The fraction of sp³-hybridized carbons (Fsp3) is 0.0714. The van der Waals surface area contributed by atoms with Gasteiger partial charge in [0, 0.05) is 4.47 Å². The van der Waals surface area contributed by atoms with Gasteiger partial charge in [0.05, 0.1) is 17.3 Å². The van der Waals surface area contributed by atoms with Crippen molar-refractivity contribution in [2.45, 2.75) is 6.61 Å². The molecule has 2 aromatic rings. The zero-order chi connectivity index (χ0) is 13.8. The number of halogens is 2. The summed E-state index contributed by atoms with van der Waals surface area (Å²) in [7, 11) is 0. The Bertz CT molecular complexity index is 632. The van der Waals surface area contributed by atoms with Gasteiger partial charge in [-0.2, -0.15) is 5.26 Å². The lowest BCUT2D eigenvalue weighted by Crippen LogP contribution is -1.99. The number of ether oxygens (including phenoxy) is 1. The lowest BCUT2D eigenvalue weighted by molar-refractivity contribution is 0.307. The standard InChI is InChI=1S/C14H10BrFN2O/c15-11-3-10(4-12(16)6-11)8-19-14-2-1-9(7-17)5-13(14)18/h1-6H,8,18H2. The first-order chi connectivity index (χ1) is 9.08. The summed E-state index contributed by atoms with van der Waals surface area (Å²) >= 11 is 3.22. The van der Waals surface area contributed by atoms with Crippen LogP contribution < -0.4 is 10.5 Å². The van der Waals surface area contributed by atoms with E-state index in [1.54, 1.807) is 18.2 Å². The molecule has 19 heavy (non-hydrogen) atoms. The second kappa shape index (κ2) is 5.72. The van der Waals surface area contributed by atoms with Crippen molar-refractivity contribution in [2.24, 2.45) is 0 Å². The van der Waals surface area contributed by atoms with E-state index in [9.17, 15) is 4.39 Å². The SMILES string of the molecule is N#Cc1ccc(OCc2cc(F)cc(Br)c2)c(N)c1. The Hall–Kier alpha value is -2.06. The van der Waals surface area contributed by atoms with Gasteiger partial charge < -0.3 is 10.5 Å². The molecule has 0 saturated carbocycles. The monoisotopic (exact) mass is 320 g/mol. The first kappa shape index (κ1) is 13.4. The van der Waals surface area contributed by atoms with Crippen molar-refractivity contribution in [3.63, 3.8) is 0 Å². The second-order valence-corrected chi connectivity index (χ2v) is 4.85. The molecule has 0 heterocycles. The summed E-state index contributed by atoms with van der Waals surface area (Å²) in [6, 6.07) is 11.3. The number of rotatable bonds is 3. The number of hydrogen-bond acceptors (Lipinski definition) is 3. The van der Waals surface area contributed by atoms with E-state index < -0.39 is 0 Å². The molecule has 5 heteroatoms. The van der Waals surface area contributed by atoms with Gasteiger partial charge in [-0.15, -0.1) is 0 Å². The van der Waals surface area contributed by atoms with E-state index in [0.29, 0.717) is 27.0 Å². The van der Waals surface area contributed by atoms with Gasteiger partial charge in [-0.3, -0.25) is 0 Å². The Labute approximate surface area is 118 Å². The largest absolute Gasteiger partial charge is 0.487 e. The van der Waals surface area contributed by atoms with Gasteiger partial charge in [0.15, 0.2) is 0 Å². The van der Waals surface area contributed by atoms with E-state index in [1.165, 1.54) is 18.2 Å². The minimum atomic E-state index is -0.333. The van der Waals surface area contributed by atoms with Crippen molar-refractivity contribution in [2.75, 3.05) is 5.73 Å². The zero-order valence-electron chi connectivity index (χ0n) is 9.86. The van der Waals surface area contributed by atoms with Crippen LogP contribution in [0.4, 0.5) is 10.1 Å². The number of nitrogens with two attached hydrogens (primary N) is 1. The number of benzene rings is 2. The number of nitrogen functional groups attached to an aromatic ring is 1. The van der Waals surface area contributed by atoms with Crippen LogP contribution in [0.2, 0.25) is 0 Å². The van der Waals surface area contributed by atoms with Gasteiger partial charge in [-0.25, -0.2) is 4.39 Å². The summed E-state index contributed by atoms with van der Waals surface area (Å²) in [5.74, 6) is 0.139. The van der Waals surface area contributed by atoms with Gasteiger partial charge >= 0.3 is 0 Å². The smallest absolute Gasteiger partial charge is 0.142 e. The first-order valence-electron chi connectivity index (χ1n) is 5.46. The van der Waals surface area contributed by atoms with Gasteiger partial charge in [0.1, 0.15) is 18.2 Å². The van der Waals surface area contributed by atoms with E-state index in [2.05, 4.69) is 15.9 Å². The summed E-state index contributed by atoms with van der Waals surface area (Å²) in [6.45, 7) is 0.201. The van der Waals surface area contributed by atoms with Gasteiger partial charge in [0.25, 0.3) is 0 Å². The number of nitriles is 1. The van der Waals surface area contributed by atoms with Crippen LogP contribution in [0.15, 0.2) is 40.9 Å². The molecule has 0 saturated heterocycles. The molecule has 96 valence electrons. The molecule has 0 bridgehead atoms. The topological polar surface area (TPSA) is 59.0 Å². The minimum absolute atomic E-state index is 0.201. The fourth-order valence-corrected chi connectivity index (χ4v) is 2.12. The second-order valence-electron chi connectivity index (χ2n) is 3.93. The predicted molar refractivity (Wildman–Crippen MR) is 74.0 cm³/mol. The van der Waals surface area contributed by atoms with Crippen molar-refractivity contribution >= 4 is 21.6 Å². The van der Waals surface area contributed by atoms with E-state index >= 15 is 0 Å². The Morgan fingerprint density at radius 3 is 2.68 bits per heavy atom. The average molecular weight is 321 g/mol. The van der Waals surface area contributed by atoms with Gasteiger partial charge in [-0.05, 0) is 42.0 Å².